The third-order valence-corrected chi connectivity index (χ3v) is 10.5. The zero-order valence-electron chi connectivity index (χ0n) is 30.2. The zero-order valence-corrected chi connectivity index (χ0v) is 30.2. The van der Waals surface area contributed by atoms with Crippen LogP contribution in [0.15, 0.2) is 157 Å². The molecule has 4 aromatic carbocycles. The van der Waals surface area contributed by atoms with Gasteiger partial charge in [-0.2, -0.15) is 0 Å². The molecule has 0 amide bonds. The van der Waals surface area contributed by atoms with Gasteiger partial charge in [0, 0.05) is 56.4 Å². The molecule has 0 unspecified atom stereocenters. The summed E-state index contributed by atoms with van der Waals surface area (Å²) in [5.74, 6) is -0.0179. The summed E-state index contributed by atoms with van der Waals surface area (Å²) in [7, 11) is 0. The average Bonchev–Trinajstić information content (AvgIpc) is 4.08. The Morgan fingerprint density at radius 3 is 1.32 bits per heavy atom. The summed E-state index contributed by atoms with van der Waals surface area (Å²) in [6, 6.07) is 47.3. The third kappa shape index (κ3) is 5.81. The number of aromatic amines is 2. The van der Waals surface area contributed by atoms with Gasteiger partial charge in [0.2, 0.25) is 0 Å². The van der Waals surface area contributed by atoms with Crippen LogP contribution in [0.3, 0.4) is 0 Å². The van der Waals surface area contributed by atoms with Gasteiger partial charge in [-0.15, -0.1) is 0 Å². The van der Waals surface area contributed by atoms with Gasteiger partial charge in [-0.1, -0.05) is 121 Å². The monoisotopic (exact) mass is 722 g/mol. The molecule has 2 aliphatic heterocycles. The number of allylic oxidation sites excluding steroid dienone is 3. The number of nitrogens with one attached hydrogen (secondary N) is 2. The molecule has 266 valence electrons. The van der Waals surface area contributed by atoms with E-state index in [1.807, 2.05) is 72.8 Å². The predicted molar refractivity (Wildman–Crippen MR) is 229 cm³/mol. The van der Waals surface area contributed by atoms with Crippen LogP contribution in [0.1, 0.15) is 34.8 Å². The van der Waals surface area contributed by atoms with Crippen LogP contribution in [0.25, 0.3) is 96.5 Å². The molecule has 0 saturated heterocycles. The number of carbonyl (C=O) groups excluding carboxylic acids is 1. The zero-order chi connectivity index (χ0) is 37.6. The number of H-pyrrole nitrogens is 2. The summed E-state index contributed by atoms with van der Waals surface area (Å²) >= 11 is 0. The molecule has 0 atom stereocenters. The van der Waals surface area contributed by atoms with Gasteiger partial charge < -0.3 is 15.1 Å². The van der Waals surface area contributed by atoms with Gasteiger partial charge in [-0.25, -0.2) is 9.97 Å². The predicted octanol–water partition coefficient (Wildman–Crippen LogP) is 12.1. The van der Waals surface area contributed by atoms with Crippen LogP contribution in [0.5, 0.6) is 0 Å². The van der Waals surface area contributed by atoms with Crippen molar-refractivity contribution in [3.8, 4) is 44.5 Å². The highest BCUT2D eigenvalue weighted by atomic mass is 16.3. The SMILES string of the molecule is O=C1C=CC(O)=C(c2cc3[nH]c2c(-c2ccccc2)c2nc(c(-c4ccccc4)c4ccc([nH]4)c(-c4ccccc4)c4nc(c3-c3ccccc3)C=C4)C=C2)C1. The second-order valence-electron chi connectivity index (χ2n) is 14.0. The van der Waals surface area contributed by atoms with E-state index in [1.54, 1.807) is 0 Å². The number of rotatable bonds is 5. The summed E-state index contributed by atoms with van der Waals surface area (Å²) in [6.07, 6.45) is 11.3. The molecule has 1 aliphatic carbocycles. The van der Waals surface area contributed by atoms with E-state index in [0.29, 0.717) is 5.57 Å². The molecular formula is C50H34N4O2. The van der Waals surface area contributed by atoms with Gasteiger partial charge in [0.25, 0.3) is 0 Å². The van der Waals surface area contributed by atoms with E-state index in [0.717, 1.165) is 94.9 Å². The Morgan fingerprint density at radius 1 is 0.446 bits per heavy atom. The van der Waals surface area contributed by atoms with Crippen molar-refractivity contribution >= 4 is 57.7 Å². The molecular weight excluding hydrogens is 689 g/mol. The standard InChI is InChI=1S/C50H34N4O2/c55-35-21-28-45(56)36(29-35)37-30-44-48(33-17-9-3-10-18-33)42-25-24-40(52-42)46(31-13-5-1-6-14-31)38-22-23-39(51-38)47(32-15-7-2-8-16-32)41-26-27-43(53-41)49(50(37)54-44)34-19-11-4-12-20-34/h1-28,30,51,54,56H,29H2. The van der Waals surface area contributed by atoms with E-state index in [1.165, 1.54) is 12.2 Å². The molecule has 0 saturated carbocycles. The van der Waals surface area contributed by atoms with Crippen molar-refractivity contribution in [1.29, 1.82) is 0 Å². The van der Waals surface area contributed by atoms with E-state index in [9.17, 15) is 9.90 Å². The van der Waals surface area contributed by atoms with Gasteiger partial charge in [-0.3, -0.25) is 4.79 Å². The van der Waals surface area contributed by atoms with E-state index < -0.39 is 0 Å². The molecule has 6 heteroatoms. The van der Waals surface area contributed by atoms with Crippen LogP contribution in [0.4, 0.5) is 0 Å². The molecule has 7 aromatic rings. The third-order valence-electron chi connectivity index (χ3n) is 10.5. The van der Waals surface area contributed by atoms with Crippen molar-refractivity contribution in [1.82, 2.24) is 19.9 Å². The van der Waals surface area contributed by atoms with Gasteiger partial charge in [0.05, 0.1) is 28.3 Å². The van der Waals surface area contributed by atoms with E-state index >= 15 is 0 Å². The first-order valence-corrected chi connectivity index (χ1v) is 18.6. The van der Waals surface area contributed by atoms with Crippen LogP contribution in [0, 0.1) is 0 Å². The van der Waals surface area contributed by atoms with Crippen molar-refractivity contribution in [3.63, 3.8) is 0 Å². The maximum atomic E-state index is 13.0. The summed E-state index contributed by atoms with van der Waals surface area (Å²) in [5, 5.41) is 11.4. The number of hydrogen-bond acceptors (Lipinski definition) is 4. The lowest BCUT2D eigenvalue weighted by Crippen LogP contribution is -2.03. The van der Waals surface area contributed by atoms with Gasteiger partial charge >= 0.3 is 0 Å². The van der Waals surface area contributed by atoms with Crippen LogP contribution in [0.2, 0.25) is 0 Å². The van der Waals surface area contributed by atoms with Crippen LogP contribution in [-0.2, 0) is 4.79 Å². The van der Waals surface area contributed by atoms with E-state index in [-0.39, 0.29) is 18.0 Å². The highest BCUT2D eigenvalue weighted by molar-refractivity contribution is 6.07. The first kappa shape index (κ1) is 33.0. The number of aliphatic hydroxyl groups excluding tert-OH is 1. The lowest BCUT2D eigenvalue weighted by atomic mass is 9.93. The number of hydrogen-bond donors (Lipinski definition) is 3. The Kier molecular flexibility index (Phi) is 8.07. The van der Waals surface area contributed by atoms with Gasteiger partial charge in [-0.05, 0) is 76.9 Å². The van der Waals surface area contributed by atoms with E-state index in [2.05, 4.69) is 101 Å². The first-order valence-electron chi connectivity index (χ1n) is 18.6. The highest BCUT2D eigenvalue weighted by Gasteiger charge is 2.24. The van der Waals surface area contributed by atoms with Crippen molar-refractivity contribution < 1.29 is 9.90 Å². The number of nitrogens with zero attached hydrogens (tertiary/aromatic N) is 2. The molecule has 56 heavy (non-hydrogen) atoms. The number of aromatic nitrogens is 4. The number of benzene rings is 4. The Balaban J connectivity index is 1.45. The summed E-state index contributed by atoms with van der Waals surface area (Å²) in [5.41, 5.74) is 15.4. The Morgan fingerprint density at radius 2 is 0.857 bits per heavy atom. The number of ketones is 1. The maximum absolute atomic E-state index is 13.0. The Bertz CT molecular complexity index is 2990. The second kappa shape index (κ2) is 13.7. The summed E-state index contributed by atoms with van der Waals surface area (Å²) in [6.45, 7) is 0. The molecule has 3 aliphatic rings. The summed E-state index contributed by atoms with van der Waals surface area (Å²) in [4.78, 5) is 31.4. The lowest BCUT2D eigenvalue weighted by Gasteiger charge is -2.12. The minimum Gasteiger partial charge on any atom is -0.508 e. The Hall–Kier alpha value is -7.57. The van der Waals surface area contributed by atoms with Crippen LogP contribution < -0.4 is 0 Å². The molecule has 0 spiro atoms. The Labute approximate surface area is 323 Å². The van der Waals surface area contributed by atoms with E-state index in [4.69, 9.17) is 9.97 Å². The van der Waals surface area contributed by atoms with Crippen molar-refractivity contribution in [3.05, 3.63) is 186 Å². The van der Waals surface area contributed by atoms with Crippen molar-refractivity contribution in [2.75, 3.05) is 0 Å². The molecule has 5 heterocycles. The fourth-order valence-corrected chi connectivity index (χ4v) is 7.99. The quantitative estimate of drug-likeness (QED) is 0.165. The molecule has 0 fully saturated rings. The summed E-state index contributed by atoms with van der Waals surface area (Å²) < 4.78 is 0. The number of aliphatic hydroxyl groups is 1. The maximum Gasteiger partial charge on any atom is 0.160 e. The average molecular weight is 723 g/mol. The van der Waals surface area contributed by atoms with Crippen LogP contribution in [-0.4, -0.2) is 30.8 Å². The second-order valence-corrected chi connectivity index (χ2v) is 14.0. The van der Waals surface area contributed by atoms with Crippen molar-refractivity contribution in [2.24, 2.45) is 0 Å². The normalized spacial score (nSPS) is 13.5. The van der Waals surface area contributed by atoms with Crippen LogP contribution >= 0.6 is 0 Å². The first-order chi connectivity index (χ1) is 27.6. The highest BCUT2D eigenvalue weighted by Crippen LogP contribution is 2.41. The topological polar surface area (TPSA) is 94.7 Å². The fraction of sp³-hybridized carbons (Fsp3) is 0.0200. The number of fused-ring (bicyclic) bond motifs is 8. The molecule has 6 nitrogen and oxygen atoms in total. The van der Waals surface area contributed by atoms with Gasteiger partial charge in [0.1, 0.15) is 5.76 Å². The molecule has 3 N–H and O–H groups in total. The largest absolute Gasteiger partial charge is 0.508 e. The minimum atomic E-state index is -0.0781. The molecule has 0 radical (unpaired) electrons. The molecule has 8 bridgehead atoms. The lowest BCUT2D eigenvalue weighted by molar-refractivity contribution is -0.113. The smallest absolute Gasteiger partial charge is 0.160 e. The van der Waals surface area contributed by atoms with Gasteiger partial charge in [0.15, 0.2) is 5.78 Å². The molecule has 10 rings (SSSR count). The number of carbonyl (C=O) groups is 1. The fourth-order valence-electron chi connectivity index (χ4n) is 7.99. The van der Waals surface area contributed by atoms with Crippen molar-refractivity contribution in [2.45, 2.75) is 6.42 Å². The molecule has 3 aromatic heterocycles. The minimum absolute atomic E-state index is 0.0596.